The van der Waals surface area contributed by atoms with E-state index in [2.05, 4.69) is 44.3 Å². The number of carbonyl (C=O) groups is 1. The summed E-state index contributed by atoms with van der Waals surface area (Å²) in [5.41, 5.74) is 3.81. The normalized spacial score (nSPS) is 15.3. The van der Waals surface area contributed by atoms with Gasteiger partial charge >= 0.3 is 0 Å². The average Bonchev–Trinajstić information content (AvgIpc) is 2.68. The predicted octanol–water partition coefficient (Wildman–Crippen LogP) is 2.29. The maximum Gasteiger partial charge on any atom is 0.293 e. The molecule has 1 fully saturated rings. The first-order valence-corrected chi connectivity index (χ1v) is 8.86. The lowest BCUT2D eigenvalue weighted by molar-refractivity contribution is 0.0615. The zero-order chi connectivity index (χ0) is 17.9. The lowest BCUT2D eigenvalue weighted by atomic mass is 10.2. The number of amides is 1. The van der Waals surface area contributed by atoms with E-state index in [1.807, 2.05) is 36.1 Å². The van der Waals surface area contributed by atoms with Crippen LogP contribution in [0.2, 0.25) is 0 Å². The fraction of sp³-hybridized carbons (Fsp3) is 0.300. The molecule has 26 heavy (non-hydrogen) atoms. The summed E-state index contributed by atoms with van der Waals surface area (Å²) in [4.78, 5) is 21.3. The van der Waals surface area contributed by atoms with Crippen molar-refractivity contribution in [3.63, 3.8) is 0 Å². The SMILES string of the molecule is Cc1ccc2nnc(C(=O)N3CCN(Cc4ccccc4)CC3)nc2c1. The molecule has 6 nitrogen and oxygen atoms in total. The molecular weight excluding hydrogens is 326 g/mol. The molecule has 3 aromatic rings. The summed E-state index contributed by atoms with van der Waals surface area (Å²) in [5.74, 6) is 0.0416. The third-order valence-electron chi connectivity index (χ3n) is 4.71. The van der Waals surface area contributed by atoms with Gasteiger partial charge in [0.05, 0.1) is 5.52 Å². The molecule has 0 bridgehead atoms. The fourth-order valence-electron chi connectivity index (χ4n) is 3.23. The molecule has 1 aliphatic rings. The van der Waals surface area contributed by atoms with Gasteiger partial charge in [0.2, 0.25) is 5.82 Å². The summed E-state index contributed by atoms with van der Waals surface area (Å²) in [6.45, 7) is 5.97. The van der Waals surface area contributed by atoms with Crippen molar-refractivity contribution < 1.29 is 4.79 Å². The minimum Gasteiger partial charge on any atom is -0.333 e. The fourth-order valence-corrected chi connectivity index (χ4v) is 3.23. The first-order valence-electron chi connectivity index (χ1n) is 8.86. The zero-order valence-electron chi connectivity index (χ0n) is 14.8. The van der Waals surface area contributed by atoms with Crippen LogP contribution in [0.3, 0.4) is 0 Å². The summed E-state index contributed by atoms with van der Waals surface area (Å²) in [5, 5.41) is 8.17. The first-order chi connectivity index (χ1) is 12.7. The monoisotopic (exact) mass is 347 g/mol. The summed E-state index contributed by atoms with van der Waals surface area (Å²) >= 11 is 0. The van der Waals surface area contributed by atoms with Crippen LogP contribution in [0, 0.1) is 6.92 Å². The molecule has 0 atom stereocenters. The van der Waals surface area contributed by atoms with Crippen LogP contribution in [0.5, 0.6) is 0 Å². The minimum absolute atomic E-state index is 0.139. The molecule has 0 aliphatic carbocycles. The number of fused-ring (bicyclic) bond motifs is 1. The van der Waals surface area contributed by atoms with Crippen molar-refractivity contribution in [2.75, 3.05) is 26.2 Å². The van der Waals surface area contributed by atoms with E-state index in [1.54, 1.807) is 0 Å². The van der Waals surface area contributed by atoms with Crippen LogP contribution in [0.4, 0.5) is 0 Å². The highest BCUT2D eigenvalue weighted by atomic mass is 16.2. The number of hydrogen-bond donors (Lipinski definition) is 0. The summed E-state index contributed by atoms with van der Waals surface area (Å²) in [6, 6.07) is 16.2. The molecule has 1 aromatic heterocycles. The van der Waals surface area contributed by atoms with Crippen molar-refractivity contribution in [1.82, 2.24) is 25.0 Å². The van der Waals surface area contributed by atoms with E-state index in [9.17, 15) is 4.79 Å². The molecule has 6 heteroatoms. The first kappa shape index (κ1) is 16.6. The molecule has 2 aromatic carbocycles. The highest BCUT2D eigenvalue weighted by molar-refractivity contribution is 5.92. The van der Waals surface area contributed by atoms with Crippen molar-refractivity contribution >= 4 is 16.9 Å². The molecular formula is C20H21N5O. The van der Waals surface area contributed by atoms with Gasteiger partial charge in [-0.05, 0) is 30.2 Å². The van der Waals surface area contributed by atoms with Gasteiger partial charge in [0.25, 0.3) is 5.91 Å². The average molecular weight is 347 g/mol. The minimum atomic E-state index is -0.139. The topological polar surface area (TPSA) is 62.2 Å². The van der Waals surface area contributed by atoms with E-state index < -0.39 is 0 Å². The zero-order valence-corrected chi connectivity index (χ0v) is 14.8. The summed E-state index contributed by atoms with van der Waals surface area (Å²) in [6.07, 6.45) is 0. The lowest BCUT2D eigenvalue weighted by Gasteiger charge is -2.34. The van der Waals surface area contributed by atoms with Gasteiger partial charge in [-0.3, -0.25) is 9.69 Å². The third kappa shape index (κ3) is 3.55. The molecule has 0 saturated carbocycles. The van der Waals surface area contributed by atoms with Crippen LogP contribution < -0.4 is 0 Å². The number of aromatic nitrogens is 3. The molecule has 1 aliphatic heterocycles. The number of piperazine rings is 1. The predicted molar refractivity (Wildman–Crippen MR) is 99.7 cm³/mol. The number of benzene rings is 2. The Morgan fingerprint density at radius 2 is 1.73 bits per heavy atom. The number of aryl methyl sites for hydroxylation is 1. The number of rotatable bonds is 3. The molecule has 2 heterocycles. The van der Waals surface area contributed by atoms with Crippen LogP contribution in [0.15, 0.2) is 48.5 Å². The summed E-state index contributed by atoms with van der Waals surface area (Å²) in [7, 11) is 0. The van der Waals surface area contributed by atoms with Crippen molar-refractivity contribution in [3.8, 4) is 0 Å². The molecule has 1 saturated heterocycles. The van der Waals surface area contributed by atoms with Gasteiger partial charge in [0, 0.05) is 32.7 Å². The van der Waals surface area contributed by atoms with Crippen molar-refractivity contribution in [2.24, 2.45) is 0 Å². The maximum atomic E-state index is 12.7. The Hall–Kier alpha value is -2.86. The number of carbonyl (C=O) groups excluding carboxylic acids is 1. The lowest BCUT2D eigenvalue weighted by Crippen LogP contribution is -2.48. The van der Waals surface area contributed by atoms with E-state index in [0.717, 1.165) is 25.2 Å². The van der Waals surface area contributed by atoms with Crippen LogP contribution in [0.25, 0.3) is 11.0 Å². The smallest absolute Gasteiger partial charge is 0.293 e. The van der Waals surface area contributed by atoms with Gasteiger partial charge in [-0.25, -0.2) is 4.98 Å². The van der Waals surface area contributed by atoms with Gasteiger partial charge in [-0.15, -0.1) is 10.2 Å². The van der Waals surface area contributed by atoms with E-state index in [0.29, 0.717) is 24.1 Å². The van der Waals surface area contributed by atoms with E-state index in [4.69, 9.17) is 0 Å². The molecule has 4 rings (SSSR count). The Morgan fingerprint density at radius 3 is 2.50 bits per heavy atom. The number of nitrogens with zero attached hydrogens (tertiary/aromatic N) is 5. The molecule has 0 radical (unpaired) electrons. The second-order valence-electron chi connectivity index (χ2n) is 6.68. The molecule has 132 valence electrons. The quantitative estimate of drug-likeness (QED) is 0.727. The van der Waals surface area contributed by atoms with Crippen molar-refractivity contribution in [1.29, 1.82) is 0 Å². The van der Waals surface area contributed by atoms with Crippen molar-refractivity contribution in [3.05, 3.63) is 65.5 Å². The Balaban J connectivity index is 1.42. The number of hydrogen-bond acceptors (Lipinski definition) is 5. The van der Waals surface area contributed by atoms with E-state index in [-0.39, 0.29) is 11.7 Å². The highest BCUT2D eigenvalue weighted by Crippen LogP contribution is 2.13. The van der Waals surface area contributed by atoms with Crippen LogP contribution >= 0.6 is 0 Å². The molecule has 0 unspecified atom stereocenters. The summed E-state index contributed by atoms with van der Waals surface area (Å²) < 4.78 is 0. The second kappa shape index (κ2) is 7.17. The Labute approximate surface area is 152 Å². The second-order valence-corrected chi connectivity index (χ2v) is 6.68. The van der Waals surface area contributed by atoms with Crippen LogP contribution in [-0.2, 0) is 6.54 Å². The van der Waals surface area contributed by atoms with Gasteiger partial charge in [0.1, 0.15) is 5.52 Å². The van der Waals surface area contributed by atoms with Gasteiger partial charge in [-0.1, -0.05) is 36.4 Å². The van der Waals surface area contributed by atoms with E-state index in [1.165, 1.54) is 5.56 Å². The highest BCUT2D eigenvalue weighted by Gasteiger charge is 2.24. The Morgan fingerprint density at radius 1 is 0.962 bits per heavy atom. The van der Waals surface area contributed by atoms with Crippen LogP contribution in [-0.4, -0.2) is 57.1 Å². The standard InChI is InChI=1S/C20H21N5O/c1-15-7-8-17-18(13-15)21-19(23-22-17)20(26)25-11-9-24(10-12-25)14-16-5-3-2-4-6-16/h2-8,13H,9-12,14H2,1H3. The molecule has 0 spiro atoms. The Kier molecular flexibility index (Phi) is 4.58. The Bertz CT molecular complexity index is 920. The van der Waals surface area contributed by atoms with Crippen LogP contribution in [0.1, 0.15) is 21.7 Å². The van der Waals surface area contributed by atoms with Gasteiger partial charge in [0.15, 0.2) is 0 Å². The molecule has 0 N–H and O–H groups in total. The van der Waals surface area contributed by atoms with Gasteiger partial charge < -0.3 is 4.90 Å². The molecule has 1 amide bonds. The third-order valence-corrected chi connectivity index (χ3v) is 4.71. The van der Waals surface area contributed by atoms with Gasteiger partial charge in [-0.2, -0.15) is 0 Å². The van der Waals surface area contributed by atoms with Crippen molar-refractivity contribution in [2.45, 2.75) is 13.5 Å². The van der Waals surface area contributed by atoms with E-state index >= 15 is 0 Å². The maximum absolute atomic E-state index is 12.7. The largest absolute Gasteiger partial charge is 0.333 e.